The van der Waals surface area contributed by atoms with Gasteiger partial charge in [0.1, 0.15) is 11.5 Å². The molecule has 1 fully saturated rings. The molecule has 0 unspecified atom stereocenters. The van der Waals surface area contributed by atoms with Crippen LogP contribution in [0.1, 0.15) is 53.2 Å². The molecular formula is C18H18F3N3O2. The van der Waals surface area contributed by atoms with E-state index in [0.29, 0.717) is 11.4 Å². The lowest BCUT2D eigenvalue weighted by Gasteiger charge is -2.25. The van der Waals surface area contributed by atoms with Crippen molar-refractivity contribution in [2.45, 2.75) is 38.9 Å². The SMILES string of the molecule is Cc1nc(C(=O)N[C@@H](c2ccc(C(F)(F)F)cc2)C2(C)CC2)cc(=O)[nH]1. The lowest BCUT2D eigenvalue weighted by molar-refractivity contribution is -0.137. The van der Waals surface area contributed by atoms with Gasteiger partial charge in [-0.1, -0.05) is 19.1 Å². The first-order valence-electron chi connectivity index (χ1n) is 8.14. The smallest absolute Gasteiger partial charge is 0.343 e. The van der Waals surface area contributed by atoms with Gasteiger partial charge in [-0.25, -0.2) is 4.98 Å². The number of aryl methyl sites for hydroxylation is 1. The number of rotatable bonds is 4. The zero-order valence-corrected chi connectivity index (χ0v) is 14.3. The van der Waals surface area contributed by atoms with Crippen LogP contribution in [0.2, 0.25) is 0 Å². The number of carbonyl (C=O) groups is 1. The molecule has 1 aliphatic rings. The van der Waals surface area contributed by atoms with Crippen LogP contribution >= 0.6 is 0 Å². The van der Waals surface area contributed by atoms with Gasteiger partial charge < -0.3 is 10.3 Å². The first-order chi connectivity index (χ1) is 12.1. The highest BCUT2D eigenvalue weighted by molar-refractivity contribution is 5.92. The Kier molecular flexibility index (Phi) is 4.37. The largest absolute Gasteiger partial charge is 0.416 e. The monoisotopic (exact) mass is 365 g/mol. The highest BCUT2D eigenvalue weighted by Crippen LogP contribution is 2.54. The number of nitrogens with one attached hydrogen (secondary N) is 2. The van der Waals surface area contributed by atoms with Gasteiger partial charge >= 0.3 is 6.18 Å². The third-order valence-corrected chi connectivity index (χ3v) is 4.68. The van der Waals surface area contributed by atoms with Crippen LogP contribution in [0.3, 0.4) is 0 Å². The average Bonchev–Trinajstić information content (AvgIpc) is 3.29. The fourth-order valence-electron chi connectivity index (χ4n) is 2.91. The van der Waals surface area contributed by atoms with E-state index < -0.39 is 29.2 Å². The number of nitrogens with zero attached hydrogens (tertiary/aromatic N) is 1. The van der Waals surface area contributed by atoms with E-state index in [-0.39, 0.29) is 11.1 Å². The fraction of sp³-hybridized carbons (Fsp3) is 0.389. The summed E-state index contributed by atoms with van der Waals surface area (Å²) in [5.74, 6) is -0.219. The van der Waals surface area contributed by atoms with Gasteiger partial charge in [0, 0.05) is 6.07 Å². The molecule has 2 aromatic rings. The number of amides is 1. The number of hydrogen-bond donors (Lipinski definition) is 2. The second-order valence-corrected chi connectivity index (χ2v) is 6.90. The number of aromatic amines is 1. The third-order valence-electron chi connectivity index (χ3n) is 4.68. The van der Waals surface area contributed by atoms with E-state index >= 15 is 0 Å². The van der Waals surface area contributed by atoms with Crippen molar-refractivity contribution in [3.05, 3.63) is 63.3 Å². The van der Waals surface area contributed by atoms with Crippen molar-refractivity contribution >= 4 is 5.91 Å². The average molecular weight is 365 g/mol. The molecule has 0 saturated heterocycles. The molecule has 0 radical (unpaired) electrons. The summed E-state index contributed by atoms with van der Waals surface area (Å²) in [5, 5.41) is 2.83. The maximum atomic E-state index is 12.8. The minimum Gasteiger partial charge on any atom is -0.343 e. The normalized spacial score (nSPS) is 16.8. The molecule has 0 aliphatic heterocycles. The molecule has 138 valence electrons. The molecule has 1 aromatic carbocycles. The Balaban J connectivity index is 1.88. The number of H-pyrrole nitrogens is 1. The van der Waals surface area contributed by atoms with E-state index in [2.05, 4.69) is 15.3 Å². The summed E-state index contributed by atoms with van der Waals surface area (Å²) in [4.78, 5) is 30.5. The van der Waals surface area contributed by atoms with Crippen LogP contribution in [0.25, 0.3) is 0 Å². The van der Waals surface area contributed by atoms with E-state index in [0.717, 1.165) is 31.0 Å². The minimum atomic E-state index is -4.41. The van der Waals surface area contributed by atoms with Gasteiger partial charge in [0.25, 0.3) is 11.5 Å². The number of aromatic nitrogens is 2. The van der Waals surface area contributed by atoms with Crippen molar-refractivity contribution in [2.24, 2.45) is 5.41 Å². The Hall–Kier alpha value is -2.64. The molecule has 1 aromatic heterocycles. The summed E-state index contributed by atoms with van der Waals surface area (Å²) in [6, 6.07) is 5.42. The van der Waals surface area contributed by atoms with Crippen LogP contribution < -0.4 is 10.9 Å². The summed E-state index contributed by atoms with van der Waals surface area (Å²) in [6.45, 7) is 3.53. The van der Waals surface area contributed by atoms with Crippen molar-refractivity contribution in [3.8, 4) is 0 Å². The predicted molar refractivity (Wildman–Crippen MR) is 88.6 cm³/mol. The second-order valence-electron chi connectivity index (χ2n) is 6.90. The van der Waals surface area contributed by atoms with Crippen molar-refractivity contribution in [2.75, 3.05) is 0 Å². The van der Waals surface area contributed by atoms with E-state index in [1.54, 1.807) is 6.92 Å². The maximum Gasteiger partial charge on any atom is 0.416 e. The van der Waals surface area contributed by atoms with Crippen LogP contribution in [-0.2, 0) is 6.18 Å². The first kappa shape index (κ1) is 18.2. The van der Waals surface area contributed by atoms with Crippen LogP contribution in [0.5, 0.6) is 0 Å². The molecule has 0 spiro atoms. The van der Waals surface area contributed by atoms with Gasteiger partial charge in [0.15, 0.2) is 0 Å². The van der Waals surface area contributed by atoms with E-state index in [9.17, 15) is 22.8 Å². The molecule has 1 atom stereocenters. The number of carbonyl (C=O) groups excluding carboxylic acids is 1. The predicted octanol–water partition coefficient (Wildman–Crippen LogP) is 3.37. The van der Waals surface area contributed by atoms with Crippen molar-refractivity contribution in [3.63, 3.8) is 0 Å². The van der Waals surface area contributed by atoms with Crippen LogP contribution in [0.4, 0.5) is 13.2 Å². The number of hydrogen-bond acceptors (Lipinski definition) is 3. The lowest BCUT2D eigenvalue weighted by Crippen LogP contribution is -2.34. The summed E-state index contributed by atoms with van der Waals surface area (Å²) in [6.07, 6.45) is -2.71. The Morgan fingerprint density at radius 1 is 1.27 bits per heavy atom. The summed E-state index contributed by atoms with van der Waals surface area (Å²) in [5.41, 5.74) is -0.836. The molecule has 1 aliphatic carbocycles. The molecule has 8 heteroatoms. The number of benzene rings is 1. The quantitative estimate of drug-likeness (QED) is 0.872. The van der Waals surface area contributed by atoms with Gasteiger partial charge in [0.05, 0.1) is 11.6 Å². The molecule has 3 rings (SSSR count). The second kappa shape index (κ2) is 6.26. The molecule has 5 nitrogen and oxygen atoms in total. The summed E-state index contributed by atoms with van der Waals surface area (Å²) in [7, 11) is 0. The highest BCUT2D eigenvalue weighted by atomic mass is 19.4. The fourth-order valence-corrected chi connectivity index (χ4v) is 2.91. The van der Waals surface area contributed by atoms with E-state index in [4.69, 9.17) is 0 Å². The molecule has 1 amide bonds. The highest BCUT2D eigenvalue weighted by Gasteiger charge is 2.46. The standard InChI is InChI=1S/C18H18F3N3O2/c1-10-22-13(9-14(25)23-10)16(26)24-15(17(2)7-8-17)11-3-5-12(6-4-11)18(19,20)21/h3-6,9,15H,7-8H2,1-2H3,(H,24,26)(H,22,23,25)/t15-/m0/s1. The van der Waals surface area contributed by atoms with Gasteiger partial charge in [0.2, 0.25) is 0 Å². The molecular weight excluding hydrogens is 347 g/mol. The third kappa shape index (κ3) is 3.79. The molecule has 1 heterocycles. The van der Waals surface area contributed by atoms with Crippen molar-refractivity contribution in [1.29, 1.82) is 0 Å². The Morgan fingerprint density at radius 2 is 1.88 bits per heavy atom. The van der Waals surface area contributed by atoms with Gasteiger partial charge in [-0.2, -0.15) is 13.2 Å². The van der Waals surface area contributed by atoms with Gasteiger partial charge in [-0.05, 0) is 42.9 Å². The zero-order valence-electron chi connectivity index (χ0n) is 14.3. The van der Waals surface area contributed by atoms with Crippen LogP contribution in [0.15, 0.2) is 35.1 Å². The summed E-state index contributed by atoms with van der Waals surface area (Å²) >= 11 is 0. The van der Waals surface area contributed by atoms with Crippen LogP contribution in [0, 0.1) is 12.3 Å². The Morgan fingerprint density at radius 3 is 2.38 bits per heavy atom. The number of halogens is 3. The topological polar surface area (TPSA) is 74.8 Å². The zero-order chi connectivity index (χ0) is 19.1. The maximum absolute atomic E-state index is 12.8. The number of alkyl halides is 3. The first-order valence-corrected chi connectivity index (χ1v) is 8.14. The van der Waals surface area contributed by atoms with Crippen molar-refractivity contribution < 1.29 is 18.0 Å². The van der Waals surface area contributed by atoms with E-state index in [1.165, 1.54) is 12.1 Å². The lowest BCUT2D eigenvalue weighted by atomic mass is 9.91. The van der Waals surface area contributed by atoms with E-state index in [1.807, 2.05) is 6.92 Å². The van der Waals surface area contributed by atoms with Crippen molar-refractivity contribution in [1.82, 2.24) is 15.3 Å². The molecule has 26 heavy (non-hydrogen) atoms. The molecule has 0 bridgehead atoms. The molecule has 2 N–H and O–H groups in total. The minimum absolute atomic E-state index is 0.0209. The summed E-state index contributed by atoms with van der Waals surface area (Å²) < 4.78 is 38.3. The van der Waals surface area contributed by atoms with Gasteiger partial charge in [-0.3, -0.25) is 9.59 Å². The Bertz CT molecular complexity index is 884. The Labute approximate surface area is 147 Å². The molecule has 1 saturated carbocycles. The van der Waals surface area contributed by atoms with Gasteiger partial charge in [-0.15, -0.1) is 0 Å². The van der Waals surface area contributed by atoms with Crippen LogP contribution in [-0.4, -0.2) is 15.9 Å².